The van der Waals surface area contributed by atoms with Crippen molar-refractivity contribution in [2.45, 2.75) is 58.7 Å². The number of H-pyrrole nitrogens is 1. The number of carbonyl (C=O) groups excluding carboxylic acids is 1. The molecule has 30 heavy (non-hydrogen) atoms. The molecular formula is C20H28N6O4. The number of fused-ring (bicyclic) bond motifs is 1. The van der Waals surface area contributed by atoms with E-state index in [1.807, 2.05) is 25.7 Å². The van der Waals surface area contributed by atoms with Crippen LogP contribution in [0.4, 0.5) is 10.7 Å². The van der Waals surface area contributed by atoms with Crippen molar-refractivity contribution in [2.75, 3.05) is 18.0 Å². The fraction of sp³-hybridized carbons (Fsp3) is 0.600. The molecule has 1 aliphatic heterocycles. The third-order valence-corrected chi connectivity index (χ3v) is 4.78. The molecule has 10 heteroatoms. The van der Waals surface area contributed by atoms with Gasteiger partial charge in [-0.15, -0.1) is 5.92 Å². The van der Waals surface area contributed by atoms with E-state index in [9.17, 15) is 14.4 Å². The zero-order valence-corrected chi connectivity index (χ0v) is 18.0. The zero-order valence-electron chi connectivity index (χ0n) is 18.0. The summed E-state index contributed by atoms with van der Waals surface area (Å²) < 4.78 is 8.15. The number of nitrogens with one attached hydrogen (secondary N) is 2. The Labute approximate surface area is 174 Å². The minimum absolute atomic E-state index is 0.108. The number of alkyl carbamates (subject to hydrolysis) is 1. The standard InChI is InChI=1S/C20H28N6O4/c1-6-7-11-26-15-14(17(28)24(5)23-16(15)27)22-18(26)25-10-8-9-13(12-25)21-19(29)30-20(2,3)4/h13H,8-12H2,1-5H3,(H,21,29)(H,23,27). The van der Waals surface area contributed by atoms with Crippen molar-refractivity contribution >= 4 is 23.1 Å². The van der Waals surface area contributed by atoms with Crippen LogP contribution in [0.15, 0.2) is 9.59 Å². The van der Waals surface area contributed by atoms with Gasteiger partial charge in [0.05, 0.1) is 6.54 Å². The molecule has 1 unspecified atom stereocenters. The summed E-state index contributed by atoms with van der Waals surface area (Å²) in [6.07, 6.45) is 1.15. The molecule has 162 valence electrons. The van der Waals surface area contributed by atoms with E-state index in [-0.39, 0.29) is 29.2 Å². The first kappa shape index (κ1) is 21.5. The van der Waals surface area contributed by atoms with Crippen molar-refractivity contribution < 1.29 is 9.53 Å². The summed E-state index contributed by atoms with van der Waals surface area (Å²) in [4.78, 5) is 43.7. The van der Waals surface area contributed by atoms with Gasteiger partial charge < -0.3 is 15.0 Å². The monoisotopic (exact) mass is 416 g/mol. The van der Waals surface area contributed by atoms with Crippen LogP contribution in [0.3, 0.4) is 0 Å². The van der Waals surface area contributed by atoms with E-state index in [4.69, 9.17) is 4.74 Å². The van der Waals surface area contributed by atoms with Gasteiger partial charge in [0, 0.05) is 26.2 Å². The van der Waals surface area contributed by atoms with Gasteiger partial charge in [0.2, 0.25) is 5.95 Å². The number of ether oxygens (including phenoxy) is 1. The Morgan fingerprint density at radius 1 is 1.37 bits per heavy atom. The number of piperidine rings is 1. The average Bonchev–Trinajstić information content (AvgIpc) is 3.03. The van der Waals surface area contributed by atoms with E-state index in [2.05, 4.69) is 27.2 Å². The first-order valence-electron chi connectivity index (χ1n) is 9.94. The lowest BCUT2D eigenvalue weighted by Gasteiger charge is -2.34. The molecule has 0 radical (unpaired) electrons. The van der Waals surface area contributed by atoms with Gasteiger partial charge in [-0.05, 0) is 40.5 Å². The molecule has 2 aromatic heterocycles. The summed E-state index contributed by atoms with van der Waals surface area (Å²) in [5, 5.41) is 5.42. The SMILES string of the molecule is CC#CCn1c(N2CCCC(NC(=O)OC(C)(C)C)C2)nc2c(=O)n(C)[nH]c(=O)c21. The van der Waals surface area contributed by atoms with Crippen molar-refractivity contribution in [3.8, 4) is 11.8 Å². The summed E-state index contributed by atoms with van der Waals surface area (Å²) in [7, 11) is 1.48. The van der Waals surface area contributed by atoms with Gasteiger partial charge in [-0.1, -0.05) is 5.92 Å². The number of aryl methyl sites for hydroxylation is 1. The molecule has 3 rings (SSSR count). The fourth-order valence-electron chi connectivity index (χ4n) is 3.54. The largest absolute Gasteiger partial charge is 0.444 e. The number of hydrogen-bond donors (Lipinski definition) is 2. The molecule has 2 aromatic rings. The van der Waals surface area contributed by atoms with E-state index < -0.39 is 17.3 Å². The lowest BCUT2D eigenvalue weighted by molar-refractivity contribution is 0.0500. The molecule has 1 amide bonds. The lowest BCUT2D eigenvalue weighted by atomic mass is 10.1. The minimum Gasteiger partial charge on any atom is -0.444 e. The third kappa shape index (κ3) is 4.50. The summed E-state index contributed by atoms with van der Waals surface area (Å²) in [6, 6.07) is -0.139. The van der Waals surface area contributed by atoms with E-state index in [1.54, 1.807) is 11.5 Å². The second-order valence-electron chi connectivity index (χ2n) is 8.36. The van der Waals surface area contributed by atoms with Gasteiger partial charge in [0.15, 0.2) is 5.52 Å². The first-order valence-corrected chi connectivity index (χ1v) is 9.94. The number of rotatable bonds is 3. The average molecular weight is 416 g/mol. The quantitative estimate of drug-likeness (QED) is 0.720. The van der Waals surface area contributed by atoms with Crippen LogP contribution >= 0.6 is 0 Å². The molecule has 0 aliphatic carbocycles. The maximum Gasteiger partial charge on any atom is 0.407 e. The van der Waals surface area contributed by atoms with Gasteiger partial charge in [-0.2, -0.15) is 0 Å². The zero-order chi connectivity index (χ0) is 22.1. The molecule has 10 nitrogen and oxygen atoms in total. The topological polar surface area (TPSA) is 114 Å². The van der Waals surface area contributed by atoms with Crippen LogP contribution in [0.5, 0.6) is 0 Å². The van der Waals surface area contributed by atoms with E-state index >= 15 is 0 Å². The molecule has 3 heterocycles. The molecule has 0 aromatic carbocycles. The number of carbonyl (C=O) groups is 1. The molecule has 1 atom stereocenters. The maximum atomic E-state index is 12.6. The highest BCUT2D eigenvalue weighted by molar-refractivity contribution is 5.77. The van der Waals surface area contributed by atoms with Crippen LogP contribution in [0, 0.1) is 11.8 Å². The highest BCUT2D eigenvalue weighted by atomic mass is 16.6. The second kappa shape index (κ2) is 8.26. The minimum atomic E-state index is -0.577. The lowest BCUT2D eigenvalue weighted by Crippen LogP contribution is -2.49. The van der Waals surface area contributed by atoms with Gasteiger partial charge in [0.25, 0.3) is 11.1 Å². The molecular weight excluding hydrogens is 388 g/mol. The van der Waals surface area contributed by atoms with Crippen molar-refractivity contribution in [3.05, 3.63) is 20.7 Å². The van der Waals surface area contributed by atoms with E-state index in [0.717, 1.165) is 17.5 Å². The van der Waals surface area contributed by atoms with Gasteiger partial charge >= 0.3 is 6.09 Å². The van der Waals surface area contributed by atoms with E-state index in [1.165, 1.54) is 7.05 Å². The Bertz CT molecular complexity index is 1120. The van der Waals surface area contributed by atoms with Crippen LogP contribution in [0.1, 0.15) is 40.5 Å². The smallest absolute Gasteiger partial charge is 0.407 e. The van der Waals surface area contributed by atoms with E-state index in [0.29, 0.717) is 19.0 Å². The highest BCUT2D eigenvalue weighted by Gasteiger charge is 2.28. The van der Waals surface area contributed by atoms with Gasteiger partial charge in [0.1, 0.15) is 11.1 Å². The number of anilines is 1. The summed E-state index contributed by atoms with van der Waals surface area (Å²) in [5.41, 5.74) is -1.04. The second-order valence-corrected chi connectivity index (χ2v) is 8.36. The van der Waals surface area contributed by atoms with Crippen LogP contribution in [-0.4, -0.2) is 50.2 Å². The number of aromatic amines is 1. The number of aromatic nitrogens is 4. The normalized spacial score (nSPS) is 16.8. The van der Waals surface area contributed by atoms with Crippen LogP contribution in [-0.2, 0) is 18.3 Å². The Hall–Kier alpha value is -3.22. The Balaban J connectivity index is 1.95. The Morgan fingerprint density at radius 3 is 2.77 bits per heavy atom. The van der Waals surface area contributed by atoms with Crippen molar-refractivity contribution in [1.29, 1.82) is 0 Å². The van der Waals surface area contributed by atoms with Crippen molar-refractivity contribution in [2.24, 2.45) is 7.05 Å². The number of amides is 1. The summed E-state index contributed by atoms with van der Waals surface area (Å²) >= 11 is 0. The van der Waals surface area contributed by atoms with Gasteiger partial charge in [-0.25, -0.2) is 9.78 Å². The molecule has 2 N–H and O–H groups in total. The summed E-state index contributed by atoms with van der Waals surface area (Å²) in [6.45, 7) is 8.57. The fourth-order valence-corrected chi connectivity index (χ4v) is 3.54. The van der Waals surface area contributed by atoms with Crippen molar-refractivity contribution in [1.82, 2.24) is 24.6 Å². The molecule has 1 aliphatic rings. The first-order chi connectivity index (χ1) is 14.1. The number of nitrogens with zero attached hydrogens (tertiary/aromatic N) is 4. The van der Waals surface area contributed by atoms with Crippen LogP contribution in [0.2, 0.25) is 0 Å². The maximum absolute atomic E-state index is 12.6. The third-order valence-electron chi connectivity index (χ3n) is 4.78. The van der Waals surface area contributed by atoms with Crippen molar-refractivity contribution in [3.63, 3.8) is 0 Å². The number of hydrogen-bond acceptors (Lipinski definition) is 6. The Morgan fingerprint density at radius 2 is 2.10 bits per heavy atom. The molecule has 0 spiro atoms. The number of imidazole rings is 1. The molecule has 0 bridgehead atoms. The predicted molar refractivity (Wildman–Crippen MR) is 114 cm³/mol. The van der Waals surface area contributed by atoms with Gasteiger partial charge in [-0.3, -0.25) is 23.9 Å². The predicted octanol–water partition coefficient (Wildman–Crippen LogP) is 0.940. The Kier molecular flexibility index (Phi) is 5.92. The molecule has 1 fully saturated rings. The van der Waals surface area contributed by atoms with Crippen LogP contribution in [0.25, 0.3) is 11.0 Å². The summed E-state index contributed by atoms with van der Waals surface area (Å²) in [5.74, 6) is 6.26. The van der Waals surface area contributed by atoms with Crippen LogP contribution < -0.4 is 21.3 Å². The molecule has 1 saturated heterocycles. The highest BCUT2D eigenvalue weighted by Crippen LogP contribution is 2.22. The molecule has 0 saturated carbocycles.